The Hall–Kier alpha value is -6.53. The molecule has 0 atom stereocenters. The number of hydrogen-bond donors (Lipinski definition) is 0. The molecule has 5 aromatic carbocycles. The fraction of sp³-hybridized carbons (Fsp3) is 0. The summed E-state index contributed by atoms with van der Waals surface area (Å²) in [7, 11) is 0. The second-order valence-electron chi connectivity index (χ2n) is 12.2. The summed E-state index contributed by atoms with van der Waals surface area (Å²) in [6.45, 7) is 0. The first-order valence-electron chi connectivity index (χ1n) is 15.8. The number of imidazole rings is 1. The van der Waals surface area contributed by atoms with Gasteiger partial charge in [0.15, 0.2) is 5.65 Å². The van der Waals surface area contributed by atoms with E-state index in [0.29, 0.717) is 0 Å². The normalized spacial score (nSPS) is 12.3. The molecule has 6 aromatic heterocycles. The topological polar surface area (TPSA) is 52.9 Å². The molecule has 0 N–H and O–H groups in total. The zero-order chi connectivity index (χ0) is 30.6. The van der Waals surface area contributed by atoms with E-state index in [1.807, 2.05) is 24.7 Å². The summed E-state index contributed by atoms with van der Waals surface area (Å²) >= 11 is 0. The first kappa shape index (κ1) is 24.8. The van der Waals surface area contributed by atoms with Crippen LogP contribution in [0.2, 0.25) is 0 Å². The molecular formula is C41H24N6. The summed E-state index contributed by atoms with van der Waals surface area (Å²) < 4.78 is 7.03. The summed E-state index contributed by atoms with van der Waals surface area (Å²) in [5.74, 6) is 0. The molecule has 0 radical (unpaired) electrons. The van der Waals surface area contributed by atoms with Crippen LogP contribution in [0.25, 0.3) is 93.5 Å². The molecule has 0 amide bonds. The van der Waals surface area contributed by atoms with Crippen molar-refractivity contribution in [1.29, 1.82) is 0 Å². The quantitative estimate of drug-likeness (QED) is 0.186. The molecule has 0 fully saturated rings. The summed E-state index contributed by atoms with van der Waals surface area (Å²) in [6, 6.07) is 45.6. The zero-order valence-corrected chi connectivity index (χ0v) is 25.0. The minimum absolute atomic E-state index is 0.736. The Bertz CT molecular complexity index is 3060. The number of benzene rings is 5. The number of aromatic nitrogens is 6. The van der Waals surface area contributed by atoms with Crippen molar-refractivity contribution in [3.05, 3.63) is 146 Å². The van der Waals surface area contributed by atoms with Crippen molar-refractivity contribution >= 4 is 82.1 Å². The number of pyridine rings is 3. The van der Waals surface area contributed by atoms with Crippen molar-refractivity contribution in [2.24, 2.45) is 0 Å². The molecule has 218 valence electrons. The van der Waals surface area contributed by atoms with Gasteiger partial charge >= 0.3 is 0 Å². The highest BCUT2D eigenvalue weighted by Crippen LogP contribution is 2.42. The molecule has 47 heavy (non-hydrogen) atoms. The Balaban J connectivity index is 1.38. The molecule has 0 aliphatic heterocycles. The lowest BCUT2D eigenvalue weighted by Crippen LogP contribution is -1.96. The first-order valence-corrected chi connectivity index (χ1v) is 15.8. The van der Waals surface area contributed by atoms with Gasteiger partial charge in [-0.3, -0.25) is 9.38 Å². The van der Waals surface area contributed by atoms with Crippen LogP contribution >= 0.6 is 0 Å². The van der Waals surface area contributed by atoms with Gasteiger partial charge in [0.1, 0.15) is 5.65 Å². The van der Waals surface area contributed by atoms with Crippen molar-refractivity contribution in [2.75, 3.05) is 0 Å². The fourth-order valence-electron chi connectivity index (χ4n) is 7.77. The Labute approximate surface area is 267 Å². The number of fused-ring (bicyclic) bond motifs is 14. The molecular weight excluding hydrogens is 576 g/mol. The van der Waals surface area contributed by atoms with Gasteiger partial charge in [0.2, 0.25) is 0 Å². The van der Waals surface area contributed by atoms with E-state index in [1.54, 1.807) is 0 Å². The van der Waals surface area contributed by atoms with E-state index in [4.69, 9.17) is 4.98 Å². The molecule has 0 saturated carbocycles. The van der Waals surface area contributed by atoms with E-state index in [9.17, 15) is 0 Å². The average molecular weight is 601 g/mol. The lowest BCUT2D eigenvalue weighted by molar-refractivity contribution is 1.17. The zero-order valence-electron chi connectivity index (χ0n) is 25.0. The predicted octanol–water partition coefficient (Wildman–Crippen LogP) is 9.78. The van der Waals surface area contributed by atoms with Gasteiger partial charge in [-0.2, -0.15) is 0 Å². The highest BCUT2D eigenvalue weighted by Gasteiger charge is 2.21. The molecule has 0 saturated heterocycles. The summed E-state index contributed by atoms with van der Waals surface area (Å²) in [5, 5.41) is 8.12. The van der Waals surface area contributed by atoms with E-state index in [2.05, 4.69) is 145 Å². The van der Waals surface area contributed by atoms with Gasteiger partial charge in [-0.25, -0.2) is 9.97 Å². The van der Waals surface area contributed by atoms with Gasteiger partial charge in [-0.15, -0.1) is 0 Å². The number of hydrogen-bond acceptors (Lipinski definition) is 3. The van der Waals surface area contributed by atoms with Crippen molar-refractivity contribution in [1.82, 2.24) is 28.5 Å². The van der Waals surface area contributed by atoms with Gasteiger partial charge in [-0.05, 0) is 78.2 Å². The smallest absolute Gasteiger partial charge is 0.178 e. The average Bonchev–Trinajstić information content (AvgIpc) is 3.78. The number of rotatable bonds is 2. The lowest BCUT2D eigenvalue weighted by Gasteiger charge is -2.11. The number of para-hydroxylation sites is 3. The SMILES string of the molecule is c1ccc(-n2c3ccccc3c3cc4c5cc6c(cc5n(-c5ccccc5)c4cc32)c2cnccc2n2c3cccnc3nc62)cc1. The molecule has 0 unspecified atom stereocenters. The van der Waals surface area contributed by atoms with E-state index in [0.717, 1.165) is 60.9 Å². The monoisotopic (exact) mass is 600 g/mol. The Morgan fingerprint density at radius 1 is 0.404 bits per heavy atom. The van der Waals surface area contributed by atoms with E-state index in [-0.39, 0.29) is 0 Å². The molecule has 6 heterocycles. The molecule has 11 aromatic rings. The van der Waals surface area contributed by atoms with Crippen LogP contribution in [0.1, 0.15) is 0 Å². The third-order valence-electron chi connectivity index (χ3n) is 9.73. The third kappa shape index (κ3) is 3.26. The minimum Gasteiger partial charge on any atom is -0.309 e. The van der Waals surface area contributed by atoms with Gasteiger partial charge in [-0.1, -0.05) is 54.6 Å². The molecule has 6 nitrogen and oxygen atoms in total. The van der Waals surface area contributed by atoms with Gasteiger partial charge in [0.25, 0.3) is 0 Å². The minimum atomic E-state index is 0.736. The molecule has 11 rings (SSSR count). The lowest BCUT2D eigenvalue weighted by atomic mass is 10.0. The predicted molar refractivity (Wildman–Crippen MR) is 192 cm³/mol. The fourth-order valence-corrected chi connectivity index (χ4v) is 7.77. The van der Waals surface area contributed by atoms with Crippen molar-refractivity contribution < 1.29 is 0 Å². The number of nitrogens with zero attached hydrogens (tertiary/aromatic N) is 6. The highest BCUT2D eigenvalue weighted by molar-refractivity contribution is 6.24. The molecule has 0 spiro atoms. The molecule has 0 bridgehead atoms. The van der Waals surface area contributed by atoms with Crippen LogP contribution in [0, 0.1) is 0 Å². The molecule has 6 heteroatoms. The van der Waals surface area contributed by atoms with Crippen molar-refractivity contribution in [3.8, 4) is 11.4 Å². The summed E-state index contributed by atoms with van der Waals surface area (Å²) in [5.41, 5.74) is 10.6. The van der Waals surface area contributed by atoms with Crippen LogP contribution < -0.4 is 0 Å². The van der Waals surface area contributed by atoms with Gasteiger partial charge in [0.05, 0.1) is 33.1 Å². The van der Waals surface area contributed by atoms with Crippen molar-refractivity contribution in [3.63, 3.8) is 0 Å². The molecule has 0 aliphatic carbocycles. The first-order chi connectivity index (χ1) is 23.3. The van der Waals surface area contributed by atoms with Crippen LogP contribution in [-0.2, 0) is 0 Å². The third-order valence-corrected chi connectivity index (χ3v) is 9.73. The van der Waals surface area contributed by atoms with Crippen LogP contribution in [0.4, 0.5) is 0 Å². The van der Waals surface area contributed by atoms with Crippen LogP contribution in [0.3, 0.4) is 0 Å². The summed E-state index contributed by atoms with van der Waals surface area (Å²) in [6.07, 6.45) is 5.64. The van der Waals surface area contributed by atoms with E-state index >= 15 is 0 Å². The van der Waals surface area contributed by atoms with E-state index in [1.165, 1.54) is 32.6 Å². The second kappa shape index (κ2) is 9.02. The summed E-state index contributed by atoms with van der Waals surface area (Å²) in [4.78, 5) is 14.3. The maximum Gasteiger partial charge on any atom is 0.178 e. The van der Waals surface area contributed by atoms with Gasteiger partial charge in [0, 0.05) is 62.3 Å². The van der Waals surface area contributed by atoms with Gasteiger partial charge < -0.3 is 9.13 Å². The maximum atomic E-state index is 5.09. The van der Waals surface area contributed by atoms with Crippen LogP contribution in [0.15, 0.2) is 146 Å². The Morgan fingerprint density at radius 2 is 1.04 bits per heavy atom. The largest absolute Gasteiger partial charge is 0.309 e. The maximum absolute atomic E-state index is 5.09. The van der Waals surface area contributed by atoms with E-state index < -0.39 is 0 Å². The Morgan fingerprint density at radius 3 is 1.83 bits per heavy atom. The van der Waals surface area contributed by atoms with Crippen LogP contribution in [-0.4, -0.2) is 28.5 Å². The Kier molecular flexibility index (Phi) is 4.75. The highest BCUT2D eigenvalue weighted by atomic mass is 15.1. The molecule has 0 aliphatic rings. The second-order valence-corrected chi connectivity index (χ2v) is 12.2. The van der Waals surface area contributed by atoms with Crippen molar-refractivity contribution in [2.45, 2.75) is 0 Å². The standard InChI is InChI=1S/C41H24N6/c1-3-10-25(11-4-1)45-34-15-8-7-14-27(34)29-20-30-31-21-32-28(22-37(31)46(39(30)23-38(29)45)26-12-5-2-6-13-26)33-24-42-19-17-35(33)47-36-16-9-18-43-40(36)44-41(32)47/h1-24H. The van der Waals surface area contributed by atoms with Crippen LogP contribution in [0.5, 0.6) is 0 Å².